The van der Waals surface area contributed by atoms with Crippen molar-refractivity contribution in [2.75, 3.05) is 39.8 Å². The van der Waals surface area contributed by atoms with E-state index in [1.807, 2.05) is 25.7 Å². The number of rotatable bonds is 3. The molecule has 1 heterocycles. The van der Waals surface area contributed by atoms with E-state index >= 15 is 0 Å². The molecular formula is C19H32N4O2. The molecule has 0 atom stereocenters. The van der Waals surface area contributed by atoms with Crippen LogP contribution in [0, 0.1) is 16.7 Å². The number of piperazine rings is 1. The second kappa shape index (κ2) is 7.74. The SMILES string of the molecule is CN(C(=O)CN1CCN(C(=O)C(C)(C)C)CC1)C1(C#N)CCCCC1. The van der Waals surface area contributed by atoms with Gasteiger partial charge in [0.05, 0.1) is 12.6 Å². The van der Waals surface area contributed by atoms with Gasteiger partial charge in [-0.05, 0) is 12.8 Å². The van der Waals surface area contributed by atoms with Gasteiger partial charge in [-0.2, -0.15) is 5.26 Å². The van der Waals surface area contributed by atoms with E-state index in [1.54, 1.807) is 11.9 Å². The number of carbonyl (C=O) groups excluding carboxylic acids is 2. The van der Waals surface area contributed by atoms with Gasteiger partial charge in [0, 0.05) is 38.6 Å². The fourth-order valence-corrected chi connectivity index (χ4v) is 3.78. The van der Waals surface area contributed by atoms with Gasteiger partial charge in [-0.3, -0.25) is 14.5 Å². The lowest BCUT2D eigenvalue weighted by Crippen LogP contribution is -2.56. The minimum Gasteiger partial charge on any atom is -0.340 e. The van der Waals surface area contributed by atoms with Gasteiger partial charge in [-0.25, -0.2) is 0 Å². The number of amides is 2. The number of hydrogen-bond donors (Lipinski definition) is 0. The van der Waals surface area contributed by atoms with Crippen molar-refractivity contribution in [3.63, 3.8) is 0 Å². The van der Waals surface area contributed by atoms with E-state index in [0.717, 1.165) is 32.1 Å². The summed E-state index contributed by atoms with van der Waals surface area (Å²) in [6.45, 7) is 8.88. The molecule has 1 saturated heterocycles. The molecule has 6 heteroatoms. The molecule has 2 aliphatic rings. The minimum absolute atomic E-state index is 0.0130. The molecule has 2 rings (SSSR count). The molecule has 1 aliphatic carbocycles. The van der Waals surface area contributed by atoms with Crippen LogP contribution in [0.2, 0.25) is 0 Å². The zero-order chi connectivity index (χ0) is 18.7. The van der Waals surface area contributed by atoms with Gasteiger partial charge in [0.1, 0.15) is 5.54 Å². The van der Waals surface area contributed by atoms with Gasteiger partial charge < -0.3 is 9.80 Å². The maximum atomic E-state index is 12.7. The summed E-state index contributed by atoms with van der Waals surface area (Å²) in [5.74, 6) is 0.181. The molecule has 0 aromatic heterocycles. The van der Waals surface area contributed by atoms with Crippen LogP contribution in [0.3, 0.4) is 0 Å². The first-order chi connectivity index (χ1) is 11.7. The Kier molecular flexibility index (Phi) is 6.10. The fraction of sp³-hybridized carbons (Fsp3) is 0.842. The first kappa shape index (κ1) is 19.7. The highest BCUT2D eigenvalue weighted by atomic mass is 16.2. The maximum absolute atomic E-state index is 12.7. The van der Waals surface area contributed by atoms with Crippen LogP contribution in [0.4, 0.5) is 0 Å². The third-order valence-corrected chi connectivity index (χ3v) is 5.56. The molecule has 0 unspecified atom stereocenters. The molecule has 2 fully saturated rings. The molecule has 0 aromatic rings. The average Bonchev–Trinajstić information content (AvgIpc) is 2.60. The molecule has 2 amide bonds. The van der Waals surface area contributed by atoms with E-state index in [-0.39, 0.29) is 17.2 Å². The summed E-state index contributed by atoms with van der Waals surface area (Å²) in [7, 11) is 1.77. The zero-order valence-electron chi connectivity index (χ0n) is 16.2. The Bertz CT molecular complexity index is 533. The summed E-state index contributed by atoms with van der Waals surface area (Å²) in [6, 6.07) is 2.41. The van der Waals surface area contributed by atoms with E-state index in [0.29, 0.717) is 32.7 Å². The summed E-state index contributed by atoms with van der Waals surface area (Å²) in [4.78, 5) is 30.7. The Morgan fingerprint density at radius 2 is 1.64 bits per heavy atom. The van der Waals surface area contributed by atoms with Crippen LogP contribution in [-0.2, 0) is 9.59 Å². The monoisotopic (exact) mass is 348 g/mol. The smallest absolute Gasteiger partial charge is 0.237 e. The molecule has 25 heavy (non-hydrogen) atoms. The van der Waals surface area contributed by atoms with Crippen LogP contribution in [0.5, 0.6) is 0 Å². The number of likely N-dealkylation sites (N-methyl/N-ethyl adjacent to an activating group) is 1. The van der Waals surface area contributed by atoms with Crippen LogP contribution in [0.1, 0.15) is 52.9 Å². The molecule has 0 radical (unpaired) electrons. The molecule has 1 aliphatic heterocycles. The fourth-order valence-electron chi connectivity index (χ4n) is 3.78. The van der Waals surface area contributed by atoms with E-state index in [4.69, 9.17) is 0 Å². The molecule has 0 N–H and O–H groups in total. The summed E-state index contributed by atoms with van der Waals surface area (Å²) < 4.78 is 0. The minimum atomic E-state index is -0.626. The predicted molar refractivity (Wildman–Crippen MR) is 96.7 cm³/mol. The maximum Gasteiger partial charge on any atom is 0.237 e. The largest absolute Gasteiger partial charge is 0.340 e. The van der Waals surface area contributed by atoms with Gasteiger partial charge in [0.15, 0.2) is 0 Å². The molecule has 140 valence electrons. The summed E-state index contributed by atoms with van der Waals surface area (Å²) in [6.07, 6.45) is 4.73. The highest BCUT2D eigenvalue weighted by molar-refractivity contribution is 5.82. The van der Waals surface area contributed by atoms with Crippen molar-refractivity contribution in [1.82, 2.24) is 14.7 Å². The predicted octanol–water partition coefficient (Wildman–Crippen LogP) is 1.86. The normalized spacial score (nSPS) is 21.5. The highest BCUT2D eigenvalue weighted by Crippen LogP contribution is 2.32. The van der Waals surface area contributed by atoms with Crippen molar-refractivity contribution in [2.24, 2.45) is 5.41 Å². The van der Waals surface area contributed by atoms with Crippen LogP contribution < -0.4 is 0 Å². The van der Waals surface area contributed by atoms with Crippen molar-refractivity contribution in [2.45, 2.75) is 58.4 Å². The molecular weight excluding hydrogens is 316 g/mol. The third-order valence-electron chi connectivity index (χ3n) is 5.56. The Morgan fingerprint density at radius 3 is 2.12 bits per heavy atom. The van der Waals surface area contributed by atoms with E-state index in [1.165, 1.54) is 0 Å². The van der Waals surface area contributed by atoms with Gasteiger partial charge in [-0.1, -0.05) is 40.0 Å². The first-order valence-corrected chi connectivity index (χ1v) is 9.39. The zero-order valence-corrected chi connectivity index (χ0v) is 16.2. The highest BCUT2D eigenvalue weighted by Gasteiger charge is 2.39. The second-order valence-corrected chi connectivity index (χ2v) is 8.48. The molecule has 6 nitrogen and oxygen atoms in total. The van der Waals surface area contributed by atoms with Gasteiger partial charge in [0.25, 0.3) is 0 Å². The topological polar surface area (TPSA) is 67.7 Å². The van der Waals surface area contributed by atoms with E-state index in [9.17, 15) is 14.9 Å². The van der Waals surface area contributed by atoms with Gasteiger partial charge in [0.2, 0.25) is 11.8 Å². The lowest BCUT2D eigenvalue weighted by atomic mass is 9.81. The van der Waals surface area contributed by atoms with Crippen molar-refractivity contribution in [3.05, 3.63) is 0 Å². The Morgan fingerprint density at radius 1 is 1.08 bits per heavy atom. The lowest BCUT2D eigenvalue weighted by molar-refractivity contribution is -0.142. The lowest BCUT2D eigenvalue weighted by Gasteiger charge is -2.41. The van der Waals surface area contributed by atoms with Crippen molar-refractivity contribution < 1.29 is 9.59 Å². The van der Waals surface area contributed by atoms with Crippen LogP contribution in [0.25, 0.3) is 0 Å². The number of hydrogen-bond acceptors (Lipinski definition) is 4. The second-order valence-electron chi connectivity index (χ2n) is 8.48. The molecule has 0 spiro atoms. The van der Waals surface area contributed by atoms with Crippen LogP contribution in [0.15, 0.2) is 0 Å². The summed E-state index contributed by atoms with van der Waals surface area (Å²) >= 11 is 0. The van der Waals surface area contributed by atoms with Crippen molar-refractivity contribution in [1.29, 1.82) is 5.26 Å². The van der Waals surface area contributed by atoms with E-state index in [2.05, 4.69) is 11.0 Å². The van der Waals surface area contributed by atoms with Crippen LogP contribution >= 0.6 is 0 Å². The first-order valence-electron chi connectivity index (χ1n) is 9.39. The third kappa shape index (κ3) is 4.52. The van der Waals surface area contributed by atoms with E-state index < -0.39 is 5.54 Å². The molecule has 0 bridgehead atoms. The Labute approximate surface area is 151 Å². The van der Waals surface area contributed by atoms with Crippen molar-refractivity contribution in [3.8, 4) is 6.07 Å². The number of carbonyl (C=O) groups is 2. The average molecular weight is 348 g/mol. The van der Waals surface area contributed by atoms with Crippen LogP contribution in [-0.4, -0.2) is 71.8 Å². The van der Waals surface area contributed by atoms with Gasteiger partial charge >= 0.3 is 0 Å². The van der Waals surface area contributed by atoms with Crippen molar-refractivity contribution >= 4 is 11.8 Å². The Hall–Kier alpha value is -1.61. The summed E-state index contributed by atoms with van der Waals surface area (Å²) in [5, 5.41) is 9.64. The molecule has 1 saturated carbocycles. The molecule has 0 aromatic carbocycles. The number of nitrogens with zero attached hydrogens (tertiary/aromatic N) is 4. The number of nitriles is 1. The Balaban J connectivity index is 1.88. The standard InChI is InChI=1S/C19H32N4O2/c1-18(2,3)17(25)23-12-10-22(11-13-23)14-16(24)21(4)19(15-20)8-6-5-7-9-19/h5-14H2,1-4H3. The van der Waals surface area contributed by atoms with Gasteiger partial charge in [-0.15, -0.1) is 0 Å². The summed E-state index contributed by atoms with van der Waals surface area (Å²) in [5.41, 5.74) is -0.988. The quantitative estimate of drug-likeness (QED) is 0.781.